The van der Waals surface area contributed by atoms with Crippen LogP contribution in [0.5, 0.6) is 0 Å². The molecule has 0 saturated heterocycles. The monoisotopic (exact) mass is 519 g/mol. The number of hydrogen-bond donors (Lipinski definition) is 2. The van der Waals surface area contributed by atoms with Crippen molar-refractivity contribution in [2.75, 3.05) is 20.1 Å². The van der Waals surface area contributed by atoms with Crippen LogP contribution in [0.2, 0.25) is 0 Å². The molecule has 4 rings (SSSR count). The molecule has 5 nitrogen and oxygen atoms in total. The van der Waals surface area contributed by atoms with E-state index < -0.39 is 6.04 Å². The Labute approximate surface area is 231 Å². The maximum Gasteiger partial charge on any atom is 0.252 e. The van der Waals surface area contributed by atoms with Gasteiger partial charge in [0, 0.05) is 25.7 Å². The topological polar surface area (TPSA) is 61.4 Å². The van der Waals surface area contributed by atoms with E-state index in [1.165, 1.54) is 11.1 Å². The molecule has 2 N–H and O–H groups in total. The molecule has 0 fully saturated rings. The summed E-state index contributed by atoms with van der Waals surface area (Å²) in [5.74, 6) is -0.305. The van der Waals surface area contributed by atoms with E-state index in [2.05, 4.69) is 34.9 Å². The highest BCUT2D eigenvalue weighted by Gasteiger charge is 2.25. The first-order chi connectivity index (χ1) is 19.1. The Kier molecular flexibility index (Phi) is 10.4. The van der Waals surface area contributed by atoms with Crippen molar-refractivity contribution in [3.8, 4) is 11.1 Å². The zero-order valence-corrected chi connectivity index (χ0v) is 22.6. The van der Waals surface area contributed by atoms with Crippen LogP contribution in [0.15, 0.2) is 115 Å². The van der Waals surface area contributed by atoms with Crippen LogP contribution < -0.4 is 10.6 Å². The molecule has 0 spiro atoms. The molecule has 0 radical (unpaired) electrons. The number of amides is 2. The summed E-state index contributed by atoms with van der Waals surface area (Å²) >= 11 is 0. The number of nitrogens with one attached hydrogen (secondary N) is 2. The summed E-state index contributed by atoms with van der Waals surface area (Å²) in [5.41, 5.74) is 4.78. The van der Waals surface area contributed by atoms with E-state index in [1.807, 2.05) is 98.0 Å². The van der Waals surface area contributed by atoms with E-state index in [4.69, 9.17) is 0 Å². The largest absolute Gasteiger partial charge is 0.344 e. The molecule has 1 atom stereocenters. The number of carbonyl (C=O) groups excluding carboxylic acids is 2. The zero-order valence-electron chi connectivity index (χ0n) is 22.6. The zero-order chi connectivity index (χ0) is 27.3. The van der Waals surface area contributed by atoms with Crippen LogP contribution >= 0.6 is 0 Å². The van der Waals surface area contributed by atoms with Gasteiger partial charge in [0.2, 0.25) is 5.91 Å². The smallest absolute Gasteiger partial charge is 0.252 e. The van der Waals surface area contributed by atoms with Gasteiger partial charge in [0.15, 0.2) is 0 Å². The molecule has 5 heteroatoms. The SMILES string of the molecule is CN(CCc1ccccc1)C(=O)[C@H](CCCNCc1ccccc1)NC(=O)c1ccccc1-c1ccccc1. The van der Waals surface area contributed by atoms with E-state index in [-0.39, 0.29) is 11.8 Å². The Hall–Kier alpha value is -4.22. The Morgan fingerprint density at radius 3 is 2.03 bits per heavy atom. The molecule has 2 amide bonds. The number of benzene rings is 4. The van der Waals surface area contributed by atoms with Crippen molar-refractivity contribution in [2.45, 2.75) is 31.8 Å². The van der Waals surface area contributed by atoms with Crippen molar-refractivity contribution in [1.29, 1.82) is 0 Å². The van der Waals surface area contributed by atoms with E-state index in [9.17, 15) is 9.59 Å². The van der Waals surface area contributed by atoms with Crippen molar-refractivity contribution in [3.05, 3.63) is 132 Å². The third kappa shape index (κ3) is 8.39. The fourth-order valence-corrected chi connectivity index (χ4v) is 4.62. The van der Waals surface area contributed by atoms with Crippen LogP contribution in [0.3, 0.4) is 0 Å². The van der Waals surface area contributed by atoms with Gasteiger partial charge >= 0.3 is 0 Å². The van der Waals surface area contributed by atoms with Gasteiger partial charge in [-0.15, -0.1) is 0 Å². The second-order valence-corrected chi connectivity index (χ2v) is 9.74. The Balaban J connectivity index is 1.42. The van der Waals surface area contributed by atoms with E-state index >= 15 is 0 Å². The lowest BCUT2D eigenvalue weighted by Gasteiger charge is -2.25. The minimum atomic E-state index is -0.611. The molecule has 39 heavy (non-hydrogen) atoms. The Bertz CT molecular complexity index is 1310. The fraction of sp³-hybridized carbons (Fsp3) is 0.235. The van der Waals surface area contributed by atoms with Crippen molar-refractivity contribution >= 4 is 11.8 Å². The summed E-state index contributed by atoms with van der Waals surface area (Å²) in [6.45, 7) is 2.11. The third-order valence-electron chi connectivity index (χ3n) is 6.83. The summed E-state index contributed by atoms with van der Waals surface area (Å²) in [5, 5.41) is 6.52. The second kappa shape index (κ2) is 14.6. The average Bonchev–Trinajstić information content (AvgIpc) is 3.00. The van der Waals surface area contributed by atoms with Crippen molar-refractivity contribution in [3.63, 3.8) is 0 Å². The molecule has 0 saturated carbocycles. The van der Waals surface area contributed by atoms with Crippen LogP contribution in [0, 0.1) is 0 Å². The van der Waals surface area contributed by atoms with Crippen LogP contribution in [0.25, 0.3) is 11.1 Å². The van der Waals surface area contributed by atoms with Gasteiger partial charge in [0.25, 0.3) is 5.91 Å². The van der Waals surface area contributed by atoms with Crippen LogP contribution in [0.4, 0.5) is 0 Å². The summed E-state index contributed by atoms with van der Waals surface area (Å²) in [4.78, 5) is 28.8. The first kappa shape index (κ1) is 27.8. The molecule has 0 bridgehead atoms. The van der Waals surface area contributed by atoms with Gasteiger partial charge in [-0.2, -0.15) is 0 Å². The second-order valence-electron chi connectivity index (χ2n) is 9.74. The number of likely N-dealkylation sites (N-methyl/N-ethyl adjacent to an activating group) is 1. The normalized spacial score (nSPS) is 11.5. The fourth-order valence-electron chi connectivity index (χ4n) is 4.62. The number of hydrogen-bond acceptors (Lipinski definition) is 3. The van der Waals surface area contributed by atoms with Gasteiger partial charge in [-0.3, -0.25) is 9.59 Å². The molecular formula is C34H37N3O2. The van der Waals surface area contributed by atoms with Crippen molar-refractivity contribution in [1.82, 2.24) is 15.5 Å². The van der Waals surface area contributed by atoms with Gasteiger partial charge < -0.3 is 15.5 Å². The average molecular weight is 520 g/mol. The molecule has 0 aliphatic rings. The quantitative estimate of drug-likeness (QED) is 0.222. The molecule has 4 aromatic rings. The lowest BCUT2D eigenvalue weighted by atomic mass is 9.98. The van der Waals surface area contributed by atoms with Gasteiger partial charge in [-0.05, 0) is 54.1 Å². The molecule has 0 aliphatic carbocycles. The summed E-state index contributed by atoms with van der Waals surface area (Å²) in [6.07, 6.45) is 2.07. The van der Waals surface area contributed by atoms with Crippen molar-refractivity contribution < 1.29 is 9.59 Å². The Morgan fingerprint density at radius 1 is 0.744 bits per heavy atom. The molecule has 0 unspecified atom stereocenters. The van der Waals surface area contributed by atoms with Gasteiger partial charge in [0.05, 0.1) is 0 Å². The molecule has 0 heterocycles. The van der Waals surface area contributed by atoms with Gasteiger partial charge in [-0.25, -0.2) is 0 Å². The van der Waals surface area contributed by atoms with Crippen LogP contribution in [-0.2, 0) is 17.8 Å². The Morgan fingerprint density at radius 2 is 1.33 bits per heavy atom. The third-order valence-corrected chi connectivity index (χ3v) is 6.83. The van der Waals surface area contributed by atoms with E-state index in [0.29, 0.717) is 18.5 Å². The highest BCUT2D eigenvalue weighted by molar-refractivity contribution is 6.02. The predicted octanol–water partition coefficient (Wildman–Crippen LogP) is 5.72. The highest BCUT2D eigenvalue weighted by Crippen LogP contribution is 2.23. The minimum absolute atomic E-state index is 0.0699. The minimum Gasteiger partial charge on any atom is -0.344 e. The van der Waals surface area contributed by atoms with Crippen LogP contribution in [-0.4, -0.2) is 42.9 Å². The summed E-state index contributed by atoms with van der Waals surface area (Å²) < 4.78 is 0. The number of carbonyl (C=O) groups is 2. The standard InChI is InChI=1S/C34H37N3O2/c1-37(25-23-27-14-5-2-6-15-27)34(39)32(22-13-24-35-26-28-16-7-3-8-17-28)36-33(38)31-21-12-11-20-30(31)29-18-9-4-10-19-29/h2-12,14-21,32,35H,13,22-26H2,1H3,(H,36,38)/t32-/m0/s1. The highest BCUT2D eigenvalue weighted by atomic mass is 16.2. The molecule has 0 aliphatic heterocycles. The van der Waals surface area contributed by atoms with E-state index in [1.54, 1.807) is 4.90 Å². The van der Waals surface area contributed by atoms with Gasteiger partial charge in [0.1, 0.15) is 6.04 Å². The lowest BCUT2D eigenvalue weighted by Crippen LogP contribution is -2.48. The van der Waals surface area contributed by atoms with Crippen LogP contribution in [0.1, 0.15) is 34.3 Å². The van der Waals surface area contributed by atoms with Crippen molar-refractivity contribution in [2.24, 2.45) is 0 Å². The first-order valence-electron chi connectivity index (χ1n) is 13.6. The predicted molar refractivity (Wildman–Crippen MR) is 158 cm³/mol. The molecule has 200 valence electrons. The molecule has 0 aromatic heterocycles. The summed E-state index contributed by atoms with van der Waals surface area (Å²) in [7, 11) is 1.82. The first-order valence-corrected chi connectivity index (χ1v) is 13.6. The maximum atomic E-state index is 13.6. The number of rotatable bonds is 13. The maximum absolute atomic E-state index is 13.6. The molecular weight excluding hydrogens is 482 g/mol. The summed E-state index contributed by atoms with van der Waals surface area (Å²) in [6, 6.07) is 37.2. The van der Waals surface area contributed by atoms with E-state index in [0.717, 1.165) is 37.1 Å². The van der Waals surface area contributed by atoms with Gasteiger partial charge in [-0.1, -0.05) is 109 Å². The molecule has 4 aromatic carbocycles. The number of nitrogens with zero attached hydrogens (tertiary/aromatic N) is 1. The lowest BCUT2D eigenvalue weighted by molar-refractivity contribution is -0.132.